The van der Waals surface area contributed by atoms with E-state index in [9.17, 15) is 8.42 Å². The molecular formula is C13H28O4S. The first-order valence-electron chi connectivity index (χ1n) is 7.07. The predicted molar refractivity (Wildman–Crippen MR) is 73.9 cm³/mol. The van der Waals surface area contributed by atoms with Gasteiger partial charge in [-0.25, -0.2) is 4.18 Å². The van der Waals surface area contributed by atoms with E-state index in [0.717, 1.165) is 18.8 Å². The highest BCUT2D eigenvalue weighted by atomic mass is 32.3. The lowest BCUT2D eigenvalue weighted by atomic mass is 10.00. The molecular weight excluding hydrogens is 252 g/mol. The molecule has 0 amide bonds. The van der Waals surface area contributed by atoms with Crippen LogP contribution in [-0.2, 0) is 14.6 Å². The molecule has 0 spiro atoms. The van der Waals surface area contributed by atoms with Crippen molar-refractivity contribution >= 4 is 10.4 Å². The van der Waals surface area contributed by atoms with Crippen molar-refractivity contribution < 1.29 is 17.2 Å². The van der Waals surface area contributed by atoms with E-state index in [4.69, 9.17) is 4.55 Å². The van der Waals surface area contributed by atoms with Crippen molar-refractivity contribution in [2.75, 3.05) is 6.61 Å². The molecule has 0 saturated heterocycles. The van der Waals surface area contributed by atoms with Gasteiger partial charge in [0.1, 0.15) is 0 Å². The standard InChI is InChI=1S/C13H28O4S/c1-3-13(2)11-9-7-5-4-6-8-10-12-17-18(14,15)16/h13H,3-12H2,1-2H3,(H,14,15,16). The summed E-state index contributed by atoms with van der Waals surface area (Å²) in [5.41, 5.74) is 0. The fourth-order valence-corrected chi connectivity index (χ4v) is 2.18. The average Bonchev–Trinajstić information content (AvgIpc) is 2.29. The highest BCUT2D eigenvalue weighted by Crippen LogP contribution is 2.14. The molecule has 0 bridgehead atoms. The van der Waals surface area contributed by atoms with Gasteiger partial charge in [0.2, 0.25) is 0 Å². The van der Waals surface area contributed by atoms with E-state index in [-0.39, 0.29) is 6.61 Å². The van der Waals surface area contributed by atoms with Gasteiger partial charge in [0.25, 0.3) is 0 Å². The van der Waals surface area contributed by atoms with Gasteiger partial charge in [-0.2, -0.15) is 8.42 Å². The van der Waals surface area contributed by atoms with Crippen molar-refractivity contribution in [3.05, 3.63) is 0 Å². The van der Waals surface area contributed by atoms with Gasteiger partial charge in [-0.15, -0.1) is 0 Å². The summed E-state index contributed by atoms with van der Waals surface area (Å²) in [6.45, 7) is 4.63. The summed E-state index contributed by atoms with van der Waals surface area (Å²) in [7, 11) is -4.24. The number of hydrogen-bond acceptors (Lipinski definition) is 3. The summed E-state index contributed by atoms with van der Waals surface area (Å²) < 4.78 is 33.1. The van der Waals surface area contributed by atoms with Crippen LogP contribution in [0.3, 0.4) is 0 Å². The fourth-order valence-electron chi connectivity index (χ4n) is 1.85. The Morgan fingerprint density at radius 3 is 2.00 bits per heavy atom. The third-order valence-corrected chi connectivity index (χ3v) is 3.73. The lowest BCUT2D eigenvalue weighted by Gasteiger charge is -2.07. The van der Waals surface area contributed by atoms with Crippen LogP contribution in [0.4, 0.5) is 0 Å². The van der Waals surface area contributed by atoms with Gasteiger partial charge in [0.05, 0.1) is 6.61 Å². The summed E-state index contributed by atoms with van der Waals surface area (Å²) in [4.78, 5) is 0. The van der Waals surface area contributed by atoms with Gasteiger partial charge in [0.15, 0.2) is 0 Å². The van der Waals surface area contributed by atoms with Gasteiger partial charge >= 0.3 is 10.4 Å². The van der Waals surface area contributed by atoms with Crippen molar-refractivity contribution in [2.45, 2.75) is 71.6 Å². The number of hydrogen-bond donors (Lipinski definition) is 1. The second kappa shape index (κ2) is 10.8. The molecule has 0 aliphatic rings. The molecule has 1 atom stereocenters. The SMILES string of the molecule is CCC(C)CCCCCCCCCOS(=O)(=O)O. The summed E-state index contributed by atoms with van der Waals surface area (Å²) in [6, 6.07) is 0. The Morgan fingerprint density at radius 2 is 1.50 bits per heavy atom. The smallest absolute Gasteiger partial charge is 0.264 e. The Morgan fingerprint density at radius 1 is 1.00 bits per heavy atom. The molecule has 1 unspecified atom stereocenters. The van der Waals surface area contributed by atoms with E-state index < -0.39 is 10.4 Å². The zero-order chi connectivity index (χ0) is 13.9. The highest BCUT2D eigenvalue weighted by molar-refractivity contribution is 7.80. The van der Waals surface area contributed by atoms with Crippen molar-refractivity contribution in [3.8, 4) is 0 Å². The van der Waals surface area contributed by atoms with Crippen LogP contribution in [0.25, 0.3) is 0 Å². The first kappa shape index (κ1) is 17.9. The molecule has 0 fully saturated rings. The second-order valence-corrected chi connectivity index (χ2v) is 6.12. The quantitative estimate of drug-likeness (QED) is 0.434. The van der Waals surface area contributed by atoms with Crippen molar-refractivity contribution in [3.63, 3.8) is 0 Å². The average molecular weight is 280 g/mol. The minimum Gasteiger partial charge on any atom is -0.264 e. The summed E-state index contributed by atoms with van der Waals surface area (Å²) in [5.74, 6) is 0.850. The molecule has 18 heavy (non-hydrogen) atoms. The van der Waals surface area contributed by atoms with E-state index >= 15 is 0 Å². The largest absolute Gasteiger partial charge is 0.397 e. The van der Waals surface area contributed by atoms with E-state index in [1.807, 2.05) is 0 Å². The molecule has 0 aromatic rings. The summed E-state index contributed by atoms with van der Waals surface area (Å²) in [6.07, 6.45) is 10.4. The van der Waals surface area contributed by atoms with Gasteiger partial charge in [-0.1, -0.05) is 65.2 Å². The molecule has 0 aromatic carbocycles. The first-order chi connectivity index (χ1) is 8.45. The lowest BCUT2D eigenvalue weighted by Crippen LogP contribution is -2.04. The minimum absolute atomic E-state index is 0.0901. The Balaban J connectivity index is 3.12. The Hall–Kier alpha value is -0.130. The lowest BCUT2D eigenvalue weighted by molar-refractivity contribution is 0.261. The van der Waals surface area contributed by atoms with Gasteiger partial charge in [0, 0.05) is 0 Å². The first-order valence-corrected chi connectivity index (χ1v) is 8.44. The van der Waals surface area contributed by atoms with Crippen LogP contribution in [0.1, 0.15) is 71.6 Å². The molecule has 0 aromatic heterocycles. The van der Waals surface area contributed by atoms with Crippen LogP contribution in [0, 0.1) is 5.92 Å². The molecule has 0 rings (SSSR count). The zero-order valence-electron chi connectivity index (χ0n) is 11.7. The normalized spacial score (nSPS) is 13.7. The Labute approximate surface area is 112 Å². The molecule has 110 valence electrons. The summed E-state index contributed by atoms with van der Waals surface area (Å²) in [5, 5.41) is 0. The minimum atomic E-state index is -4.24. The van der Waals surface area contributed by atoms with Gasteiger partial charge in [-0.3, -0.25) is 4.55 Å². The Kier molecular flexibility index (Phi) is 10.7. The van der Waals surface area contributed by atoms with E-state index in [0.29, 0.717) is 6.42 Å². The third kappa shape index (κ3) is 13.9. The maximum Gasteiger partial charge on any atom is 0.397 e. The van der Waals surface area contributed by atoms with Crippen molar-refractivity contribution in [1.82, 2.24) is 0 Å². The van der Waals surface area contributed by atoms with Crippen LogP contribution in [0.2, 0.25) is 0 Å². The van der Waals surface area contributed by atoms with Crippen molar-refractivity contribution in [2.24, 2.45) is 5.92 Å². The molecule has 1 N–H and O–H groups in total. The van der Waals surface area contributed by atoms with Crippen LogP contribution in [-0.4, -0.2) is 19.6 Å². The second-order valence-electron chi connectivity index (χ2n) is 5.03. The van der Waals surface area contributed by atoms with Crippen LogP contribution >= 0.6 is 0 Å². The van der Waals surface area contributed by atoms with Crippen LogP contribution in [0.15, 0.2) is 0 Å². The molecule has 0 saturated carbocycles. The summed E-state index contributed by atoms with van der Waals surface area (Å²) >= 11 is 0. The van der Waals surface area contributed by atoms with E-state index in [2.05, 4.69) is 18.0 Å². The molecule has 0 heterocycles. The molecule has 0 aliphatic carbocycles. The third-order valence-electron chi connectivity index (χ3n) is 3.27. The zero-order valence-corrected chi connectivity index (χ0v) is 12.5. The maximum atomic E-state index is 10.3. The monoisotopic (exact) mass is 280 g/mol. The maximum absolute atomic E-state index is 10.3. The predicted octanol–water partition coefficient (Wildman–Crippen LogP) is 3.97. The van der Waals surface area contributed by atoms with Crippen LogP contribution < -0.4 is 0 Å². The van der Waals surface area contributed by atoms with Gasteiger partial charge in [-0.05, 0) is 12.3 Å². The van der Waals surface area contributed by atoms with E-state index in [1.54, 1.807) is 0 Å². The van der Waals surface area contributed by atoms with Crippen LogP contribution in [0.5, 0.6) is 0 Å². The highest BCUT2D eigenvalue weighted by Gasteiger charge is 2.02. The molecule has 0 aliphatic heterocycles. The van der Waals surface area contributed by atoms with Gasteiger partial charge < -0.3 is 0 Å². The van der Waals surface area contributed by atoms with Crippen molar-refractivity contribution in [1.29, 1.82) is 0 Å². The topological polar surface area (TPSA) is 63.6 Å². The number of unbranched alkanes of at least 4 members (excludes halogenated alkanes) is 6. The molecule has 0 radical (unpaired) electrons. The molecule has 4 nitrogen and oxygen atoms in total. The molecule has 5 heteroatoms. The Bertz CT molecular complexity index is 275. The fraction of sp³-hybridized carbons (Fsp3) is 1.00. The van der Waals surface area contributed by atoms with E-state index in [1.165, 1.54) is 38.5 Å². The number of rotatable bonds is 12.